The standard InChI is InChI=1S/C19H16N6O/c1-24(2)12-9-7-11(8-10-12)17-15-16(20-19-21-22-23-25(17)19)13-5-3-4-6-14(13)18(15)26/h3-10,15,17H,1-2H3. The zero-order valence-electron chi connectivity index (χ0n) is 14.4. The minimum absolute atomic E-state index is 0.0715. The summed E-state index contributed by atoms with van der Waals surface area (Å²) in [6, 6.07) is 15.5. The first-order valence-corrected chi connectivity index (χ1v) is 8.42. The molecule has 0 radical (unpaired) electrons. The van der Waals surface area contributed by atoms with Crippen LogP contribution >= 0.6 is 0 Å². The third-order valence-electron chi connectivity index (χ3n) is 5.07. The Kier molecular flexibility index (Phi) is 3.06. The molecule has 2 heterocycles. The molecule has 0 saturated heterocycles. The number of hydrogen-bond acceptors (Lipinski definition) is 6. The normalized spacial score (nSPS) is 20.2. The number of Topliss-reactive ketones (excluding diaryl/α,β-unsaturated/α-hetero) is 1. The molecule has 7 heteroatoms. The fourth-order valence-corrected chi connectivity index (χ4v) is 3.80. The van der Waals surface area contributed by atoms with Crippen molar-refractivity contribution in [3.05, 3.63) is 65.2 Å². The Morgan fingerprint density at radius 1 is 1.00 bits per heavy atom. The molecule has 2 unspecified atom stereocenters. The van der Waals surface area contributed by atoms with Crippen LogP contribution in [0.2, 0.25) is 0 Å². The van der Waals surface area contributed by atoms with Gasteiger partial charge < -0.3 is 4.90 Å². The molecular formula is C19H16N6O. The molecule has 0 N–H and O–H groups in total. The summed E-state index contributed by atoms with van der Waals surface area (Å²) >= 11 is 0. The van der Waals surface area contributed by atoms with Gasteiger partial charge in [0.2, 0.25) is 0 Å². The molecule has 7 nitrogen and oxygen atoms in total. The Hall–Kier alpha value is -3.35. The lowest BCUT2D eigenvalue weighted by atomic mass is 9.87. The summed E-state index contributed by atoms with van der Waals surface area (Å²) in [6.45, 7) is 0. The molecule has 1 aliphatic heterocycles. The maximum absolute atomic E-state index is 13.2. The van der Waals surface area contributed by atoms with E-state index in [1.165, 1.54) is 0 Å². The van der Waals surface area contributed by atoms with E-state index in [0.29, 0.717) is 11.5 Å². The molecule has 2 aliphatic rings. The molecule has 5 rings (SSSR count). The highest BCUT2D eigenvalue weighted by atomic mass is 16.1. The van der Waals surface area contributed by atoms with Crippen LogP contribution in [0.25, 0.3) is 0 Å². The zero-order valence-corrected chi connectivity index (χ0v) is 14.4. The fraction of sp³-hybridized carbons (Fsp3) is 0.211. The third-order valence-corrected chi connectivity index (χ3v) is 5.07. The summed E-state index contributed by atoms with van der Waals surface area (Å²) in [5, 5.41) is 11.9. The van der Waals surface area contributed by atoms with Crippen LogP contribution in [0.5, 0.6) is 0 Å². The van der Waals surface area contributed by atoms with Gasteiger partial charge in [0.1, 0.15) is 0 Å². The summed E-state index contributed by atoms with van der Waals surface area (Å²) in [5.74, 6) is 0.0956. The SMILES string of the molecule is CN(C)c1ccc(C2C3C(=O)c4ccccc4C3=Nc3nnnn32)cc1. The van der Waals surface area contributed by atoms with Crippen molar-refractivity contribution in [2.45, 2.75) is 6.04 Å². The van der Waals surface area contributed by atoms with Gasteiger partial charge in [-0.15, -0.1) is 0 Å². The molecule has 26 heavy (non-hydrogen) atoms. The van der Waals surface area contributed by atoms with E-state index in [2.05, 4.69) is 20.5 Å². The highest BCUT2D eigenvalue weighted by Crippen LogP contribution is 2.42. The molecule has 3 aromatic rings. The van der Waals surface area contributed by atoms with Crippen molar-refractivity contribution in [2.75, 3.05) is 19.0 Å². The number of carbonyl (C=O) groups is 1. The monoisotopic (exact) mass is 344 g/mol. The molecule has 1 aliphatic carbocycles. The van der Waals surface area contributed by atoms with Crippen LogP contribution in [0, 0.1) is 5.92 Å². The minimum atomic E-state index is -0.409. The van der Waals surface area contributed by atoms with E-state index in [9.17, 15) is 4.79 Å². The van der Waals surface area contributed by atoms with Crippen molar-refractivity contribution in [1.82, 2.24) is 20.2 Å². The van der Waals surface area contributed by atoms with Crippen LogP contribution in [-0.2, 0) is 0 Å². The molecule has 2 aromatic carbocycles. The summed E-state index contributed by atoms with van der Waals surface area (Å²) < 4.78 is 1.66. The average Bonchev–Trinajstić information content (AvgIpc) is 3.24. The molecule has 1 aromatic heterocycles. The Morgan fingerprint density at radius 2 is 1.73 bits per heavy atom. The minimum Gasteiger partial charge on any atom is -0.378 e. The smallest absolute Gasteiger partial charge is 0.270 e. The van der Waals surface area contributed by atoms with Crippen LogP contribution in [0.3, 0.4) is 0 Å². The Bertz CT molecular complexity index is 1050. The number of nitrogens with zero attached hydrogens (tertiary/aromatic N) is 6. The number of aliphatic imine (C=N–C) groups is 1. The van der Waals surface area contributed by atoms with Crippen LogP contribution < -0.4 is 4.90 Å². The Labute approximate surface area is 150 Å². The summed E-state index contributed by atoms with van der Waals surface area (Å²) in [6.07, 6.45) is 0. The highest BCUT2D eigenvalue weighted by molar-refractivity contribution is 6.29. The fourth-order valence-electron chi connectivity index (χ4n) is 3.80. The summed E-state index contributed by atoms with van der Waals surface area (Å²) in [4.78, 5) is 19.8. The van der Waals surface area contributed by atoms with Gasteiger partial charge in [0.25, 0.3) is 5.95 Å². The van der Waals surface area contributed by atoms with E-state index >= 15 is 0 Å². The predicted octanol–water partition coefficient (Wildman–Crippen LogP) is 2.28. The first-order valence-electron chi connectivity index (χ1n) is 8.42. The molecule has 2 atom stereocenters. The predicted molar refractivity (Wildman–Crippen MR) is 97.2 cm³/mol. The quantitative estimate of drug-likeness (QED) is 0.713. The lowest BCUT2D eigenvalue weighted by Gasteiger charge is -2.27. The second-order valence-corrected chi connectivity index (χ2v) is 6.74. The number of benzene rings is 2. The lowest BCUT2D eigenvalue weighted by Crippen LogP contribution is -2.33. The number of anilines is 1. The second kappa shape index (κ2) is 5.32. The molecule has 0 saturated carbocycles. The van der Waals surface area contributed by atoms with Crippen molar-refractivity contribution < 1.29 is 4.79 Å². The van der Waals surface area contributed by atoms with Gasteiger partial charge in [0, 0.05) is 30.9 Å². The summed E-state index contributed by atoms with van der Waals surface area (Å²) in [7, 11) is 3.99. The number of carbonyl (C=O) groups excluding carboxylic acids is 1. The van der Waals surface area contributed by atoms with Crippen LogP contribution in [-0.4, -0.2) is 45.8 Å². The average molecular weight is 344 g/mol. The van der Waals surface area contributed by atoms with Crippen molar-refractivity contribution in [3.8, 4) is 0 Å². The molecule has 128 valence electrons. The van der Waals surface area contributed by atoms with Gasteiger partial charge in [0.15, 0.2) is 5.78 Å². The van der Waals surface area contributed by atoms with Gasteiger partial charge in [-0.1, -0.05) is 41.5 Å². The number of ketones is 1. The van der Waals surface area contributed by atoms with E-state index in [0.717, 1.165) is 22.5 Å². The number of fused-ring (bicyclic) bond motifs is 4. The highest BCUT2D eigenvalue weighted by Gasteiger charge is 2.46. The van der Waals surface area contributed by atoms with Crippen molar-refractivity contribution in [3.63, 3.8) is 0 Å². The number of tetrazole rings is 1. The largest absolute Gasteiger partial charge is 0.378 e. The zero-order chi connectivity index (χ0) is 17.8. The van der Waals surface area contributed by atoms with E-state index in [1.54, 1.807) is 4.68 Å². The Balaban J connectivity index is 1.69. The number of aromatic nitrogens is 4. The first-order chi connectivity index (χ1) is 12.6. The van der Waals surface area contributed by atoms with Crippen molar-refractivity contribution in [2.24, 2.45) is 10.9 Å². The molecule has 0 amide bonds. The van der Waals surface area contributed by atoms with E-state index in [4.69, 9.17) is 0 Å². The van der Waals surface area contributed by atoms with Gasteiger partial charge in [-0.25, -0.2) is 9.67 Å². The second-order valence-electron chi connectivity index (χ2n) is 6.74. The van der Waals surface area contributed by atoms with Gasteiger partial charge >= 0.3 is 0 Å². The van der Waals surface area contributed by atoms with E-state index < -0.39 is 5.92 Å². The Morgan fingerprint density at radius 3 is 2.46 bits per heavy atom. The molecule has 0 fully saturated rings. The van der Waals surface area contributed by atoms with Gasteiger partial charge in [0.05, 0.1) is 17.7 Å². The lowest BCUT2D eigenvalue weighted by molar-refractivity contribution is 0.0937. The van der Waals surface area contributed by atoms with E-state index in [-0.39, 0.29) is 11.8 Å². The van der Waals surface area contributed by atoms with E-state index in [1.807, 2.05) is 67.5 Å². The first kappa shape index (κ1) is 14.9. The van der Waals surface area contributed by atoms with Gasteiger partial charge in [-0.2, -0.15) is 0 Å². The molecule has 0 spiro atoms. The molecular weight excluding hydrogens is 328 g/mol. The maximum atomic E-state index is 13.2. The molecule has 0 bridgehead atoms. The summed E-state index contributed by atoms with van der Waals surface area (Å²) in [5.41, 5.74) is 4.44. The van der Waals surface area contributed by atoms with Gasteiger partial charge in [-0.3, -0.25) is 4.79 Å². The third kappa shape index (κ3) is 1.97. The number of rotatable bonds is 2. The van der Waals surface area contributed by atoms with Crippen molar-refractivity contribution in [1.29, 1.82) is 0 Å². The maximum Gasteiger partial charge on any atom is 0.270 e. The van der Waals surface area contributed by atoms with Gasteiger partial charge in [-0.05, 0) is 28.1 Å². The van der Waals surface area contributed by atoms with Crippen LogP contribution in [0.15, 0.2) is 53.5 Å². The van der Waals surface area contributed by atoms with Crippen LogP contribution in [0.4, 0.5) is 11.6 Å². The topological polar surface area (TPSA) is 76.3 Å². The van der Waals surface area contributed by atoms with Crippen LogP contribution in [0.1, 0.15) is 27.5 Å². The van der Waals surface area contributed by atoms with Crippen molar-refractivity contribution >= 4 is 23.1 Å². The number of hydrogen-bond donors (Lipinski definition) is 0.